The molecule has 0 spiro atoms. The smallest absolute Gasteiger partial charge is 0.248 e. The van der Waals surface area contributed by atoms with Gasteiger partial charge in [-0.05, 0) is 62.5 Å². The molecule has 0 radical (unpaired) electrons. The number of carbonyl (C=O) groups is 1. The maximum Gasteiger partial charge on any atom is 0.248 e. The lowest BCUT2D eigenvalue weighted by molar-refractivity contribution is -0.123. The molecule has 1 aromatic heterocycles. The molecule has 0 atom stereocenters. The van der Waals surface area contributed by atoms with Crippen LogP contribution < -0.4 is 4.90 Å². The van der Waals surface area contributed by atoms with Crippen LogP contribution in [0.15, 0.2) is 57.9 Å². The molecule has 2 aliphatic rings. The highest BCUT2D eigenvalue weighted by Gasteiger charge is 2.37. The summed E-state index contributed by atoms with van der Waals surface area (Å²) in [7, 11) is -3.91. The van der Waals surface area contributed by atoms with Crippen molar-refractivity contribution >= 4 is 33.8 Å². The van der Waals surface area contributed by atoms with E-state index in [0.29, 0.717) is 24.9 Å². The molecule has 7 nitrogen and oxygen atoms in total. The zero-order valence-electron chi connectivity index (χ0n) is 20.1. The van der Waals surface area contributed by atoms with Gasteiger partial charge in [-0.25, -0.2) is 12.8 Å². The van der Waals surface area contributed by atoms with Crippen molar-refractivity contribution in [1.82, 2.24) is 9.46 Å². The van der Waals surface area contributed by atoms with Gasteiger partial charge in [0.2, 0.25) is 15.9 Å². The third kappa shape index (κ3) is 4.60. The van der Waals surface area contributed by atoms with E-state index in [0.717, 1.165) is 18.5 Å². The van der Waals surface area contributed by atoms with Crippen molar-refractivity contribution in [3.8, 4) is 0 Å². The number of sulfonamides is 1. The van der Waals surface area contributed by atoms with E-state index < -0.39 is 15.8 Å². The zero-order chi connectivity index (χ0) is 25.3. The standard InChI is InChI=1S/C27H28FN3O4S/c1-19-26(25(35-29-19)13-12-20-7-2-4-10-23(20)28)36(33,34)30-17-14-22(15-18-30)27(32)31-16-6-9-21-8-3-5-11-24(21)31/h2-5,7-8,10-13,22H,6,9,14-18H2,1H3/b13-12+. The Balaban J connectivity index is 1.31. The number of hydrogen-bond acceptors (Lipinski definition) is 5. The van der Waals surface area contributed by atoms with Crippen molar-refractivity contribution in [2.75, 3.05) is 24.5 Å². The molecular formula is C27H28FN3O4S. The fraction of sp³-hybridized carbons (Fsp3) is 0.333. The maximum atomic E-state index is 14.0. The van der Waals surface area contributed by atoms with Gasteiger partial charge in [-0.3, -0.25) is 4.79 Å². The normalized spacial score (nSPS) is 17.4. The van der Waals surface area contributed by atoms with Gasteiger partial charge in [0, 0.05) is 36.8 Å². The molecular weight excluding hydrogens is 481 g/mol. The quantitative estimate of drug-likeness (QED) is 0.499. The average Bonchev–Trinajstić information content (AvgIpc) is 3.28. The van der Waals surface area contributed by atoms with Gasteiger partial charge in [-0.2, -0.15) is 4.31 Å². The first-order valence-electron chi connectivity index (χ1n) is 12.1. The molecule has 0 bridgehead atoms. The van der Waals surface area contributed by atoms with Crippen molar-refractivity contribution < 1.29 is 22.1 Å². The van der Waals surface area contributed by atoms with Crippen LogP contribution >= 0.6 is 0 Å². The Morgan fingerprint density at radius 3 is 2.56 bits per heavy atom. The van der Waals surface area contributed by atoms with Crippen molar-refractivity contribution in [2.24, 2.45) is 5.92 Å². The molecule has 3 heterocycles. The predicted octanol–water partition coefficient (Wildman–Crippen LogP) is 4.67. The number of piperidine rings is 1. The Labute approximate surface area is 210 Å². The molecule has 9 heteroatoms. The Hall–Kier alpha value is -3.30. The lowest BCUT2D eigenvalue weighted by Crippen LogP contribution is -2.45. The summed E-state index contributed by atoms with van der Waals surface area (Å²) in [6.45, 7) is 2.72. The summed E-state index contributed by atoms with van der Waals surface area (Å²) in [4.78, 5) is 15.2. The van der Waals surface area contributed by atoms with Crippen molar-refractivity contribution in [3.05, 3.63) is 76.9 Å². The van der Waals surface area contributed by atoms with E-state index in [9.17, 15) is 17.6 Å². The van der Waals surface area contributed by atoms with Crippen LogP contribution in [0.4, 0.5) is 10.1 Å². The fourth-order valence-electron chi connectivity index (χ4n) is 5.03. The first-order valence-corrected chi connectivity index (χ1v) is 13.6. The third-order valence-electron chi connectivity index (χ3n) is 6.93. The fourth-order valence-corrected chi connectivity index (χ4v) is 6.75. The monoisotopic (exact) mass is 509 g/mol. The van der Waals surface area contributed by atoms with Gasteiger partial charge >= 0.3 is 0 Å². The first-order chi connectivity index (χ1) is 17.4. The highest BCUT2D eigenvalue weighted by atomic mass is 32.2. The molecule has 0 aliphatic carbocycles. The van der Waals surface area contributed by atoms with Crippen LogP contribution in [0, 0.1) is 18.7 Å². The van der Waals surface area contributed by atoms with E-state index in [1.807, 2.05) is 23.1 Å². The number of aromatic nitrogens is 1. The summed E-state index contributed by atoms with van der Waals surface area (Å²) in [5, 5.41) is 3.85. The van der Waals surface area contributed by atoms with Gasteiger partial charge in [-0.15, -0.1) is 0 Å². The molecule has 188 valence electrons. The minimum absolute atomic E-state index is 0.0233. The molecule has 5 rings (SSSR count). The van der Waals surface area contributed by atoms with Crippen molar-refractivity contribution in [2.45, 2.75) is 37.5 Å². The van der Waals surface area contributed by atoms with Gasteiger partial charge in [0.05, 0.1) is 0 Å². The number of hydrogen-bond donors (Lipinski definition) is 0. The third-order valence-corrected chi connectivity index (χ3v) is 8.99. The SMILES string of the molecule is Cc1noc(/C=C/c2ccccc2F)c1S(=O)(=O)N1CCC(C(=O)N2CCCc3ccccc32)CC1. The Bertz CT molecular complexity index is 1410. The van der Waals surface area contributed by atoms with Gasteiger partial charge in [0.25, 0.3) is 0 Å². The lowest BCUT2D eigenvalue weighted by Gasteiger charge is -2.36. The van der Waals surface area contributed by atoms with Crippen LogP contribution in [0.2, 0.25) is 0 Å². The zero-order valence-corrected chi connectivity index (χ0v) is 20.9. The molecule has 1 saturated heterocycles. The molecule has 2 aromatic carbocycles. The number of aryl methyl sites for hydroxylation is 2. The van der Waals surface area contributed by atoms with Crippen LogP contribution in [0.1, 0.15) is 41.8 Å². The van der Waals surface area contributed by atoms with Crippen LogP contribution in [0.3, 0.4) is 0 Å². The summed E-state index contributed by atoms with van der Waals surface area (Å²) in [6, 6.07) is 14.2. The van der Waals surface area contributed by atoms with Gasteiger partial charge in [-0.1, -0.05) is 41.6 Å². The highest BCUT2D eigenvalue weighted by molar-refractivity contribution is 7.89. The number of para-hydroxylation sites is 1. The van der Waals surface area contributed by atoms with E-state index in [2.05, 4.69) is 11.2 Å². The molecule has 1 fully saturated rings. The summed E-state index contributed by atoms with van der Waals surface area (Å²) < 4.78 is 47.7. The first kappa shape index (κ1) is 24.4. The van der Waals surface area contributed by atoms with E-state index in [-0.39, 0.29) is 41.3 Å². The number of halogens is 1. The van der Waals surface area contributed by atoms with Crippen molar-refractivity contribution in [1.29, 1.82) is 0 Å². The largest absolute Gasteiger partial charge is 0.355 e. The predicted molar refractivity (Wildman–Crippen MR) is 135 cm³/mol. The maximum absolute atomic E-state index is 14.0. The van der Waals surface area contributed by atoms with Crippen LogP contribution in [-0.2, 0) is 21.2 Å². The molecule has 36 heavy (non-hydrogen) atoms. The second-order valence-electron chi connectivity index (χ2n) is 9.22. The summed E-state index contributed by atoms with van der Waals surface area (Å²) in [5.41, 5.74) is 2.70. The molecule has 3 aromatic rings. The Kier molecular flexibility index (Phi) is 6.77. The second-order valence-corrected chi connectivity index (χ2v) is 11.1. The number of amides is 1. The molecule has 0 saturated carbocycles. The second kappa shape index (κ2) is 9.99. The van der Waals surface area contributed by atoms with Crippen LogP contribution in [0.5, 0.6) is 0 Å². The summed E-state index contributed by atoms with van der Waals surface area (Å²) in [6.07, 6.45) is 5.67. The molecule has 0 N–H and O–H groups in total. The molecule has 1 amide bonds. The van der Waals surface area contributed by atoms with E-state index in [1.165, 1.54) is 28.1 Å². The topological polar surface area (TPSA) is 83.7 Å². The number of nitrogens with zero attached hydrogens (tertiary/aromatic N) is 3. The molecule has 2 aliphatic heterocycles. The lowest BCUT2D eigenvalue weighted by atomic mass is 9.94. The molecule has 0 unspecified atom stereocenters. The van der Waals surface area contributed by atoms with Gasteiger partial charge in [0.15, 0.2) is 10.7 Å². The van der Waals surface area contributed by atoms with E-state index in [4.69, 9.17) is 4.52 Å². The number of fused-ring (bicyclic) bond motifs is 1. The minimum atomic E-state index is -3.91. The number of rotatable bonds is 5. The summed E-state index contributed by atoms with van der Waals surface area (Å²) in [5.74, 6) is -0.531. The number of benzene rings is 2. The summed E-state index contributed by atoms with van der Waals surface area (Å²) >= 11 is 0. The van der Waals surface area contributed by atoms with E-state index in [1.54, 1.807) is 25.1 Å². The number of carbonyl (C=O) groups excluding carboxylic acids is 1. The van der Waals surface area contributed by atoms with Gasteiger partial charge in [0.1, 0.15) is 11.5 Å². The average molecular weight is 510 g/mol. The van der Waals surface area contributed by atoms with Crippen molar-refractivity contribution in [3.63, 3.8) is 0 Å². The van der Waals surface area contributed by atoms with Gasteiger partial charge < -0.3 is 9.42 Å². The van der Waals surface area contributed by atoms with Crippen LogP contribution in [-0.4, -0.2) is 43.4 Å². The minimum Gasteiger partial charge on any atom is -0.355 e. The Morgan fingerprint density at radius 1 is 1.06 bits per heavy atom. The highest BCUT2D eigenvalue weighted by Crippen LogP contribution is 2.33. The van der Waals surface area contributed by atoms with E-state index >= 15 is 0 Å². The van der Waals surface area contributed by atoms with Crippen LogP contribution in [0.25, 0.3) is 12.2 Å². The Morgan fingerprint density at radius 2 is 1.78 bits per heavy atom. The number of anilines is 1.